The smallest absolute Gasteiger partial charge is 0.267 e. The largest absolute Gasteiger partial charge is 0.394 e. The second-order valence-electron chi connectivity index (χ2n) is 3.43. The fraction of sp³-hybridized carbons (Fsp3) is 0.556. The van der Waals surface area contributed by atoms with Crippen LogP contribution in [0.1, 0.15) is 16.6 Å². The molecule has 0 aliphatic carbocycles. The Hall–Kier alpha value is -1.34. The van der Waals surface area contributed by atoms with Crippen molar-refractivity contribution in [2.45, 2.75) is 13.0 Å². The molecule has 0 aliphatic rings. The van der Waals surface area contributed by atoms with Gasteiger partial charge in [-0.1, -0.05) is 11.3 Å². The molecule has 7 heteroatoms. The van der Waals surface area contributed by atoms with Gasteiger partial charge in [0.15, 0.2) is 5.13 Å². The average molecular weight is 244 g/mol. The Morgan fingerprint density at radius 3 is 2.81 bits per heavy atom. The molecule has 1 aromatic rings. The molecule has 0 saturated carbocycles. The van der Waals surface area contributed by atoms with Gasteiger partial charge in [-0.2, -0.15) is 0 Å². The predicted molar refractivity (Wildman–Crippen MR) is 64.7 cm³/mol. The molecule has 1 aromatic heterocycles. The van der Waals surface area contributed by atoms with Gasteiger partial charge in [0.2, 0.25) is 0 Å². The number of amides is 1. The van der Waals surface area contributed by atoms with Crippen LogP contribution >= 0.6 is 11.3 Å². The van der Waals surface area contributed by atoms with Crippen LogP contribution in [0.3, 0.4) is 0 Å². The van der Waals surface area contributed by atoms with Crippen molar-refractivity contribution in [2.24, 2.45) is 0 Å². The molecule has 16 heavy (non-hydrogen) atoms. The van der Waals surface area contributed by atoms with E-state index in [-0.39, 0.29) is 24.4 Å². The molecule has 0 saturated heterocycles. The molecule has 0 fully saturated rings. The van der Waals surface area contributed by atoms with Crippen molar-refractivity contribution in [3.05, 3.63) is 4.88 Å². The molecule has 0 aromatic carbocycles. The number of nitrogen functional groups attached to an aromatic ring is 1. The van der Waals surface area contributed by atoms with E-state index in [1.165, 1.54) is 16.2 Å². The van der Waals surface area contributed by atoms with E-state index in [4.69, 9.17) is 10.8 Å². The van der Waals surface area contributed by atoms with E-state index in [0.717, 1.165) is 0 Å². The first-order valence-corrected chi connectivity index (χ1v) is 5.65. The Labute approximate surface area is 98.1 Å². The normalized spacial score (nSPS) is 12.2. The number of likely N-dealkylation sites (N-methyl/N-ethyl adjacent to an activating group) is 1. The van der Waals surface area contributed by atoms with Crippen molar-refractivity contribution in [1.29, 1.82) is 0 Å². The molecule has 0 spiro atoms. The van der Waals surface area contributed by atoms with Gasteiger partial charge < -0.3 is 21.1 Å². The highest BCUT2D eigenvalue weighted by atomic mass is 32.1. The zero-order valence-corrected chi connectivity index (χ0v) is 10.3. The molecule has 1 amide bonds. The number of aliphatic hydroxyl groups excluding tert-OH is 1. The third-order valence-electron chi connectivity index (χ3n) is 2.31. The van der Waals surface area contributed by atoms with Crippen molar-refractivity contribution in [2.75, 3.05) is 31.8 Å². The highest BCUT2D eigenvalue weighted by molar-refractivity contribution is 7.18. The SMILES string of the molecule is CNc1nc(N)c(C(=O)N(C)C(C)CO)s1. The van der Waals surface area contributed by atoms with Gasteiger partial charge in [-0.05, 0) is 6.92 Å². The summed E-state index contributed by atoms with van der Waals surface area (Å²) in [6.45, 7) is 1.67. The van der Waals surface area contributed by atoms with Crippen LogP contribution in [-0.4, -0.2) is 47.6 Å². The molecule has 1 rings (SSSR count). The van der Waals surface area contributed by atoms with Crippen molar-refractivity contribution < 1.29 is 9.90 Å². The first-order valence-electron chi connectivity index (χ1n) is 4.83. The van der Waals surface area contributed by atoms with Crippen molar-refractivity contribution in [1.82, 2.24) is 9.88 Å². The lowest BCUT2D eigenvalue weighted by atomic mass is 10.3. The lowest BCUT2D eigenvalue weighted by Crippen LogP contribution is -2.37. The number of carbonyl (C=O) groups excluding carboxylic acids is 1. The molecule has 1 atom stereocenters. The van der Waals surface area contributed by atoms with Crippen molar-refractivity contribution >= 4 is 28.2 Å². The van der Waals surface area contributed by atoms with E-state index < -0.39 is 0 Å². The zero-order valence-electron chi connectivity index (χ0n) is 9.52. The number of nitrogens with two attached hydrogens (primary N) is 1. The molecule has 6 nitrogen and oxygen atoms in total. The van der Waals surface area contributed by atoms with Crippen LogP contribution in [0, 0.1) is 0 Å². The van der Waals surface area contributed by atoms with E-state index in [2.05, 4.69) is 10.3 Å². The minimum absolute atomic E-state index is 0.0835. The van der Waals surface area contributed by atoms with Gasteiger partial charge in [-0.3, -0.25) is 4.79 Å². The van der Waals surface area contributed by atoms with E-state index in [9.17, 15) is 4.79 Å². The number of nitrogens with zero attached hydrogens (tertiary/aromatic N) is 2. The lowest BCUT2D eigenvalue weighted by Gasteiger charge is -2.22. The zero-order chi connectivity index (χ0) is 12.3. The maximum Gasteiger partial charge on any atom is 0.267 e. The van der Waals surface area contributed by atoms with Gasteiger partial charge in [0.05, 0.1) is 12.6 Å². The quantitative estimate of drug-likeness (QED) is 0.704. The number of anilines is 2. The number of rotatable bonds is 4. The number of nitrogens with one attached hydrogen (secondary N) is 1. The molecular formula is C9H16N4O2S. The summed E-state index contributed by atoms with van der Waals surface area (Å²) in [5, 5.41) is 12.4. The minimum atomic E-state index is -0.243. The van der Waals surface area contributed by atoms with Crippen LogP contribution in [-0.2, 0) is 0 Å². The highest BCUT2D eigenvalue weighted by Gasteiger charge is 2.22. The van der Waals surface area contributed by atoms with Gasteiger partial charge >= 0.3 is 0 Å². The summed E-state index contributed by atoms with van der Waals surface area (Å²) in [4.78, 5) is 17.8. The van der Waals surface area contributed by atoms with E-state index in [1.807, 2.05) is 0 Å². The Morgan fingerprint density at radius 1 is 1.75 bits per heavy atom. The molecular weight excluding hydrogens is 228 g/mol. The molecule has 1 unspecified atom stereocenters. The van der Waals surface area contributed by atoms with Gasteiger partial charge in [0, 0.05) is 14.1 Å². The number of thiazole rings is 1. The summed E-state index contributed by atoms with van der Waals surface area (Å²) in [6.07, 6.45) is 0. The van der Waals surface area contributed by atoms with Gasteiger partial charge in [0.1, 0.15) is 10.7 Å². The van der Waals surface area contributed by atoms with Gasteiger partial charge in [-0.25, -0.2) is 4.98 Å². The third kappa shape index (κ3) is 2.42. The number of aromatic nitrogens is 1. The summed E-state index contributed by atoms with van der Waals surface area (Å²) in [7, 11) is 3.34. The second kappa shape index (κ2) is 5.13. The number of hydrogen-bond donors (Lipinski definition) is 3. The molecule has 0 aliphatic heterocycles. The van der Waals surface area contributed by atoms with Crippen LogP contribution in [0.5, 0.6) is 0 Å². The van der Waals surface area contributed by atoms with Crippen LogP contribution < -0.4 is 11.1 Å². The van der Waals surface area contributed by atoms with Gasteiger partial charge in [0.25, 0.3) is 5.91 Å². The highest BCUT2D eigenvalue weighted by Crippen LogP contribution is 2.25. The maximum absolute atomic E-state index is 12.0. The Bertz CT molecular complexity index is 380. The maximum atomic E-state index is 12.0. The first kappa shape index (κ1) is 12.7. The molecule has 4 N–H and O–H groups in total. The lowest BCUT2D eigenvalue weighted by molar-refractivity contribution is 0.0688. The van der Waals surface area contributed by atoms with Crippen molar-refractivity contribution in [3.63, 3.8) is 0 Å². The standard InChI is InChI=1S/C9H16N4O2S/c1-5(4-14)13(3)8(15)6-7(10)12-9(11-2)16-6/h5,14H,4,10H2,1-3H3,(H,11,12). The summed E-state index contributed by atoms with van der Waals surface area (Å²) < 4.78 is 0. The monoisotopic (exact) mass is 244 g/mol. The number of hydrogen-bond acceptors (Lipinski definition) is 6. The third-order valence-corrected chi connectivity index (χ3v) is 3.38. The first-order chi connectivity index (χ1) is 7.51. The molecule has 1 heterocycles. The Morgan fingerprint density at radius 2 is 2.38 bits per heavy atom. The summed E-state index contributed by atoms with van der Waals surface area (Å²) in [5.74, 6) is -0.00519. The van der Waals surface area contributed by atoms with Crippen LogP contribution in [0.25, 0.3) is 0 Å². The van der Waals surface area contributed by atoms with Crippen molar-refractivity contribution in [3.8, 4) is 0 Å². The fourth-order valence-corrected chi connectivity index (χ4v) is 1.90. The number of aliphatic hydroxyl groups is 1. The van der Waals surface area contributed by atoms with E-state index in [1.54, 1.807) is 21.0 Å². The van der Waals surface area contributed by atoms with E-state index in [0.29, 0.717) is 10.0 Å². The van der Waals surface area contributed by atoms with Crippen LogP contribution in [0.15, 0.2) is 0 Å². The predicted octanol–water partition coefficient (Wildman–Crippen LogP) is 0.220. The average Bonchev–Trinajstić information content (AvgIpc) is 2.67. The minimum Gasteiger partial charge on any atom is -0.394 e. The fourth-order valence-electron chi connectivity index (χ4n) is 1.07. The topological polar surface area (TPSA) is 91.5 Å². The summed E-state index contributed by atoms with van der Waals surface area (Å²) in [5.41, 5.74) is 5.65. The molecule has 0 radical (unpaired) electrons. The molecule has 90 valence electrons. The van der Waals surface area contributed by atoms with Crippen LogP contribution in [0.4, 0.5) is 10.9 Å². The van der Waals surface area contributed by atoms with Gasteiger partial charge in [-0.15, -0.1) is 0 Å². The van der Waals surface area contributed by atoms with E-state index >= 15 is 0 Å². The molecule has 0 bridgehead atoms. The summed E-state index contributed by atoms with van der Waals surface area (Å²) >= 11 is 1.20. The Kier molecular flexibility index (Phi) is 4.08. The summed E-state index contributed by atoms with van der Waals surface area (Å²) in [6, 6.07) is -0.243. The number of carbonyl (C=O) groups is 1. The Balaban J connectivity index is 2.91. The second-order valence-corrected chi connectivity index (χ2v) is 4.43. The van der Waals surface area contributed by atoms with Crippen LogP contribution in [0.2, 0.25) is 0 Å².